The SMILES string of the molecule is CC[C@H](C)[C@H]1NC(=O)N(Cc2ccc(S(N)(=O)=O)cc2)C1=O. The summed E-state index contributed by atoms with van der Waals surface area (Å²) in [5.41, 5.74) is 0.653. The van der Waals surface area contributed by atoms with E-state index in [1.54, 1.807) is 0 Å². The van der Waals surface area contributed by atoms with Gasteiger partial charge in [0.2, 0.25) is 10.0 Å². The van der Waals surface area contributed by atoms with Gasteiger partial charge in [-0.25, -0.2) is 18.4 Å². The second-order valence-corrected chi connectivity index (χ2v) is 6.99. The minimum Gasteiger partial charge on any atom is -0.326 e. The van der Waals surface area contributed by atoms with Crippen LogP contribution < -0.4 is 10.5 Å². The van der Waals surface area contributed by atoms with Gasteiger partial charge in [-0.2, -0.15) is 0 Å². The topological polar surface area (TPSA) is 110 Å². The van der Waals surface area contributed by atoms with Crippen LogP contribution in [-0.2, 0) is 21.4 Å². The maximum atomic E-state index is 12.3. The lowest BCUT2D eigenvalue weighted by Crippen LogP contribution is -2.35. The number of primary sulfonamides is 1. The number of hydrogen-bond donors (Lipinski definition) is 2. The van der Waals surface area contributed by atoms with Gasteiger partial charge in [0.15, 0.2) is 0 Å². The molecule has 0 spiro atoms. The van der Waals surface area contributed by atoms with Crippen molar-refractivity contribution in [2.75, 3.05) is 0 Å². The number of nitrogens with one attached hydrogen (secondary N) is 1. The molecule has 1 aromatic rings. The highest BCUT2D eigenvalue weighted by Gasteiger charge is 2.40. The van der Waals surface area contributed by atoms with Crippen molar-refractivity contribution >= 4 is 22.0 Å². The van der Waals surface area contributed by atoms with E-state index in [1.165, 1.54) is 24.3 Å². The molecule has 1 fully saturated rings. The number of carbonyl (C=O) groups excluding carboxylic acids is 2. The number of benzene rings is 1. The van der Waals surface area contributed by atoms with Crippen LogP contribution in [0.1, 0.15) is 25.8 Å². The van der Waals surface area contributed by atoms with Gasteiger partial charge in [-0.05, 0) is 23.6 Å². The predicted octanol–water partition coefficient (Wildman–Crippen LogP) is 0.801. The molecule has 2 atom stereocenters. The van der Waals surface area contributed by atoms with Crippen LogP contribution >= 0.6 is 0 Å². The number of rotatable bonds is 5. The normalized spacial score (nSPS) is 20.1. The predicted molar refractivity (Wildman–Crippen MR) is 80.1 cm³/mol. The van der Waals surface area contributed by atoms with E-state index in [9.17, 15) is 18.0 Å². The minimum atomic E-state index is -3.75. The first-order chi connectivity index (χ1) is 10.2. The van der Waals surface area contributed by atoms with Crippen LogP contribution in [0.15, 0.2) is 29.2 Å². The van der Waals surface area contributed by atoms with Gasteiger partial charge in [0.05, 0.1) is 11.4 Å². The first kappa shape index (κ1) is 16.4. The van der Waals surface area contributed by atoms with Crippen LogP contribution in [-0.4, -0.2) is 31.3 Å². The van der Waals surface area contributed by atoms with Crippen molar-refractivity contribution in [1.82, 2.24) is 10.2 Å². The maximum Gasteiger partial charge on any atom is 0.325 e. The quantitative estimate of drug-likeness (QED) is 0.780. The minimum absolute atomic E-state index is 0.00840. The lowest BCUT2D eigenvalue weighted by molar-refractivity contribution is -0.128. The van der Waals surface area contributed by atoms with Gasteiger partial charge in [0.25, 0.3) is 5.91 Å². The first-order valence-electron chi connectivity index (χ1n) is 6.97. The Labute approximate surface area is 129 Å². The first-order valence-corrected chi connectivity index (χ1v) is 8.52. The average molecular weight is 325 g/mol. The second-order valence-electron chi connectivity index (χ2n) is 5.43. The van der Waals surface area contributed by atoms with E-state index in [0.717, 1.165) is 11.3 Å². The van der Waals surface area contributed by atoms with Crippen LogP contribution in [0.2, 0.25) is 0 Å². The molecule has 120 valence electrons. The molecule has 1 aliphatic heterocycles. The number of amides is 3. The molecule has 3 N–H and O–H groups in total. The van der Waals surface area contributed by atoms with Gasteiger partial charge in [-0.3, -0.25) is 9.69 Å². The summed E-state index contributed by atoms with van der Waals surface area (Å²) in [6.45, 7) is 3.97. The zero-order valence-electron chi connectivity index (χ0n) is 12.4. The Morgan fingerprint density at radius 3 is 2.36 bits per heavy atom. The molecular formula is C14H19N3O4S. The molecule has 7 nitrogen and oxygen atoms in total. The zero-order valence-corrected chi connectivity index (χ0v) is 13.3. The molecule has 0 bridgehead atoms. The number of imide groups is 1. The summed E-state index contributed by atoms with van der Waals surface area (Å²) in [5, 5.41) is 7.71. The Hall–Kier alpha value is -1.93. The number of nitrogens with zero attached hydrogens (tertiary/aromatic N) is 1. The van der Waals surface area contributed by atoms with E-state index in [-0.39, 0.29) is 23.3 Å². The van der Waals surface area contributed by atoms with Crippen molar-refractivity contribution < 1.29 is 18.0 Å². The lowest BCUT2D eigenvalue weighted by atomic mass is 9.99. The van der Waals surface area contributed by atoms with Gasteiger partial charge in [-0.15, -0.1) is 0 Å². The number of hydrogen-bond acceptors (Lipinski definition) is 4. The van der Waals surface area contributed by atoms with Crippen LogP contribution in [0.4, 0.5) is 4.79 Å². The molecule has 0 aliphatic carbocycles. The van der Waals surface area contributed by atoms with Gasteiger partial charge in [-0.1, -0.05) is 32.4 Å². The molecule has 1 heterocycles. The number of nitrogens with two attached hydrogens (primary N) is 1. The lowest BCUT2D eigenvalue weighted by Gasteiger charge is -2.16. The molecule has 0 saturated carbocycles. The Bertz CT molecular complexity index is 685. The molecule has 0 aromatic heterocycles. The molecule has 0 unspecified atom stereocenters. The van der Waals surface area contributed by atoms with E-state index in [2.05, 4.69) is 5.32 Å². The molecule has 8 heteroatoms. The van der Waals surface area contributed by atoms with E-state index < -0.39 is 22.1 Å². The molecule has 22 heavy (non-hydrogen) atoms. The summed E-state index contributed by atoms with van der Waals surface area (Å²) < 4.78 is 22.4. The van der Waals surface area contributed by atoms with Crippen LogP contribution in [0, 0.1) is 5.92 Å². The molecule has 1 saturated heterocycles. The molecule has 0 radical (unpaired) electrons. The van der Waals surface area contributed by atoms with Crippen LogP contribution in [0.25, 0.3) is 0 Å². The number of urea groups is 1. The summed E-state index contributed by atoms with van der Waals surface area (Å²) in [7, 11) is -3.75. The van der Waals surface area contributed by atoms with E-state index >= 15 is 0 Å². The van der Waals surface area contributed by atoms with E-state index in [4.69, 9.17) is 5.14 Å². The van der Waals surface area contributed by atoms with Crippen molar-refractivity contribution in [3.05, 3.63) is 29.8 Å². The van der Waals surface area contributed by atoms with Crippen molar-refractivity contribution in [3.63, 3.8) is 0 Å². The van der Waals surface area contributed by atoms with Gasteiger partial charge >= 0.3 is 6.03 Å². The second kappa shape index (κ2) is 6.05. The molecule has 1 aliphatic rings. The Morgan fingerprint density at radius 2 is 1.86 bits per heavy atom. The van der Waals surface area contributed by atoms with Crippen molar-refractivity contribution in [2.45, 2.75) is 37.8 Å². The highest BCUT2D eigenvalue weighted by atomic mass is 32.2. The summed E-state index contributed by atoms with van der Waals surface area (Å²) >= 11 is 0. The monoisotopic (exact) mass is 325 g/mol. The molecule has 2 rings (SSSR count). The fraction of sp³-hybridized carbons (Fsp3) is 0.429. The third-order valence-corrected chi connectivity index (χ3v) is 4.79. The average Bonchev–Trinajstić information content (AvgIpc) is 2.74. The van der Waals surface area contributed by atoms with Crippen LogP contribution in [0.3, 0.4) is 0 Å². The van der Waals surface area contributed by atoms with Gasteiger partial charge in [0, 0.05) is 0 Å². The third kappa shape index (κ3) is 3.28. The largest absolute Gasteiger partial charge is 0.326 e. The standard InChI is InChI=1S/C14H19N3O4S/c1-3-9(2)12-13(18)17(14(19)16-12)8-10-4-6-11(7-5-10)22(15,20)21/h4-7,9,12H,3,8H2,1-2H3,(H,16,19)(H2,15,20,21)/t9-,12+/m0/s1. The van der Waals surface area contributed by atoms with Gasteiger partial charge < -0.3 is 5.32 Å². The van der Waals surface area contributed by atoms with Crippen molar-refractivity contribution in [1.29, 1.82) is 0 Å². The summed E-state index contributed by atoms with van der Waals surface area (Å²) in [4.78, 5) is 25.3. The van der Waals surface area contributed by atoms with Crippen molar-refractivity contribution in [3.8, 4) is 0 Å². The van der Waals surface area contributed by atoms with E-state index in [1.807, 2.05) is 13.8 Å². The highest BCUT2D eigenvalue weighted by Crippen LogP contribution is 2.19. The fourth-order valence-electron chi connectivity index (χ4n) is 2.28. The molecule has 3 amide bonds. The smallest absolute Gasteiger partial charge is 0.325 e. The summed E-state index contributed by atoms with van der Waals surface area (Å²) in [6, 6.07) is 4.87. The molecule has 1 aromatic carbocycles. The van der Waals surface area contributed by atoms with E-state index in [0.29, 0.717) is 5.56 Å². The highest BCUT2D eigenvalue weighted by molar-refractivity contribution is 7.89. The van der Waals surface area contributed by atoms with Gasteiger partial charge in [0.1, 0.15) is 6.04 Å². The fourth-order valence-corrected chi connectivity index (χ4v) is 2.79. The summed E-state index contributed by atoms with van der Waals surface area (Å²) in [5.74, 6) is -0.193. The third-order valence-electron chi connectivity index (χ3n) is 3.86. The molecular weight excluding hydrogens is 306 g/mol. The van der Waals surface area contributed by atoms with Crippen molar-refractivity contribution in [2.24, 2.45) is 11.1 Å². The number of sulfonamides is 1. The number of carbonyl (C=O) groups is 2. The summed E-state index contributed by atoms with van der Waals surface area (Å²) in [6.07, 6.45) is 0.785. The van der Waals surface area contributed by atoms with Crippen LogP contribution in [0.5, 0.6) is 0 Å². The Morgan fingerprint density at radius 1 is 1.27 bits per heavy atom. The Kier molecular flexibility index (Phi) is 4.52. The zero-order chi connectivity index (χ0) is 16.5. The Balaban J connectivity index is 2.14. The maximum absolute atomic E-state index is 12.3.